The third kappa shape index (κ3) is 3.88. The van der Waals surface area contributed by atoms with Crippen LogP contribution in [0.25, 0.3) is 5.57 Å². The predicted molar refractivity (Wildman–Crippen MR) is 75.9 cm³/mol. The Morgan fingerprint density at radius 1 is 1.44 bits per heavy atom. The first-order valence-electron chi connectivity index (χ1n) is 6.72. The van der Waals surface area contributed by atoms with Crippen LogP contribution in [0.15, 0.2) is 12.3 Å². The van der Waals surface area contributed by atoms with E-state index in [1.54, 1.807) is 13.3 Å². The molecule has 0 unspecified atom stereocenters. The molecule has 1 aromatic heterocycles. The molecular weight excluding hydrogens is 226 g/mol. The Labute approximate surface area is 110 Å². The van der Waals surface area contributed by atoms with Crippen molar-refractivity contribution in [3.8, 4) is 5.75 Å². The quantitative estimate of drug-likeness (QED) is 0.722. The lowest BCUT2D eigenvalue weighted by Crippen LogP contribution is -2.15. The molecule has 18 heavy (non-hydrogen) atoms. The Morgan fingerprint density at radius 3 is 2.83 bits per heavy atom. The number of rotatable bonds is 8. The van der Waals surface area contributed by atoms with Crippen LogP contribution < -0.4 is 10.1 Å². The van der Waals surface area contributed by atoms with Crippen LogP contribution in [0.1, 0.15) is 39.3 Å². The van der Waals surface area contributed by atoms with Crippen LogP contribution in [-0.4, -0.2) is 30.0 Å². The van der Waals surface area contributed by atoms with E-state index in [4.69, 9.17) is 4.74 Å². The van der Waals surface area contributed by atoms with Crippen LogP contribution in [0.5, 0.6) is 5.75 Å². The number of aryl methyl sites for hydroxylation is 1. The lowest BCUT2D eigenvalue weighted by molar-refractivity contribution is 0.412. The summed E-state index contributed by atoms with van der Waals surface area (Å²) in [5.41, 5.74) is 2.32. The maximum atomic E-state index is 5.35. The number of hydrogen-bond donors (Lipinski definition) is 1. The Hall–Kier alpha value is -1.29. The normalized spacial score (nSPS) is 11.9. The smallest absolute Gasteiger partial charge is 0.164 e. The molecule has 1 rings (SSSR count). The molecule has 1 aromatic rings. The van der Waals surface area contributed by atoms with Gasteiger partial charge in [-0.2, -0.15) is 5.10 Å². The second-order valence-corrected chi connectivity index (χ2v) is 4.30. The van der Waals surface area contributed by atoms with Gasteiger partial charge in [0, 0.05) is 6.54 Å². The summed E-state index contributed by atoms with van der Waals surface area (Å²) in [6.07, 6.45) is 6.24. The van der Waals surface area contributed by atoms with E-state index in [2.05, 4.69) is 37.3 Å². The summed E-state index contributed by atoms with van der Waals surface area (Å²) in [6, 6.07) is 0. The van der Waals surface area contributed by atoms with Crippen molar-refractivity contribution < 1.29 is 4.74 Å². The van der Waals surface area contributed by atoms with Crippen molar-refractivity contribution in [1.82, 2.24) is 15.1 Å². The summed E-state index contributed by atoms with van der Waals surface area (Å²) in [6.45, 7) is 9.35. The van der Waals surface area contributed by atoms with Crippen LogP contribution in [0.3, 0.4) is 0 Å². The second kappa shape index (κ2) is 7.93. The largest absolute Gasteiger partial charge is 0.493 e. The van der Waals surface area contributed by atoms with Crippen molar-refractivity contribution in [2.24, 2.45) is 0 Å². The molecule has 0 fully saturated rings. The van der Waals surface area contributed by atoms with Crippen LogP contribution in [0.4, 0.5) is 0 Å². The molecule has 0 atom stereocenters. The van der Waals surface area contributed by atoms with Crippen LogP contribution in [0.2, 0.25) is 0 Å². The molecule has 0 radical (unpaired) electrons. The number of nitrogens with zero attached hydrogens (tertiary/aromatic N) is 2. The minimum absolute atomic E-state index is 0.854. The zero-order valence-corrected chi connectivity index (χ0v) is 12.0. The van der Waals surface area contributed by atoms with Gasteiger partial charge in [0.1, 0.15) is 5.69 Å². The van der Waals surface area contributed by atoms with Crippen molar-refractivity contribution in [3.05, 3.63) is 18.0 Å². The molecule has 0 aliphatic rings. The van der Waals surface area contributed by atoms with E-state index in [0.717, 1.165) is 37.5 Å². The van der Waals surface area contributed by atoms with Gasteiger partial charge in [0.15, 0.2) is 5.75 Å². The average Bonchev–Trinajstić information content (AvgIpc) is 2.81. The molecule has 0 amide bonds. The highest BCUT2D eigenvalue weighted by molar-refractivity contribution is 5.65. The van der Waals surface area contributed by atoms with Crippen LogP contribution >= 0.6 is 0 Å². The highest BCUT2D eigenvalue weighted by atomic mass is 16.5. The van der Waals surface area contributed by atoms with Gasteiger partial charge in [0.2, 0.25) is 0 Å². The average molecular weight is 251 g/mol. The number of nitrogens with one attached hydrogen (secondary N) is 1. The van der Waals surface area contributed by atoms with Crippen molar-refractivity contribution in [1.29, 1.82) is 0 Å². The molecule has 1 heterocycles. The maximum Gasteiger partial charge on any atom is 0.164 e. The lowest BCUT2D eigenvalue weighted by atomic mass is 10.1. The molecule has 0 spiro atoms. The molecule has 4 heteroatoms. The minimum atomic E-state index is 0.854. The third-order valence-electron chi connectivity index (χ3n) is 2.90. The fraction of sp³-hybridized carbons (Fsp3) is 0.643. The van der Waals surface area contributed by atoms with Gasteiger partial charge in [-0.1, -0.05) is 13.0 Å². The van der Waals surface area contributed by atoms with Gasteiger partial charge in [-0.3, -0.25) is 4.68 Å². The minimum Gasteiger partial charge on any atom is -0.493 e. The number of allylic oxidation sites excluding steroid dienone is 1. The third-order valence-corrected chi connectivity index (χ3v) is 2.90. The summed E-state index contributed by atoms with van der Waals surface area (Å²) >= 11 is 0. The zero-order valence-electron chi connectivity index (χ0n) is 12.0. The summed E-state index contributed by atoms with van der Waals surface area (Å²) in [5, 5.41) is 7.71. The standard InChI is InChI=1S/C14H25N3O/c1-5-9-15-10-7-8-12(3)14-13(18-4)11-16-17(14)6-2/h8,11,15H,5-7,9-10H2,1-4H3/b12-8-. The van der Waals surface area contributed by atoms with Crippen molar-refractivity contribution >= 4 is 5.57 Å². The number of ether oxygens (including phenoxy) is 1. The predicted octanol–water partition coefficient (Wildman–Crippen LogP) is 2.70. The Balaban J connectivity index is 2.66. The molecule has 102 valence electrons. The van der Waals surface area contributed by atoms with Gasteiger partial charge in [-0.25, -0.2) is 0 Å². The molecule has 0 aromatic carbocycles. The fourth-order valence-electron chi connectivity index (χ4n) is 1.94. The molecule has 0 aliphatic carbocycles. The van der Waals surface area contributed by atoms with E-state index in [9.17, 15) is 0 Å². The number of hydrogen-bond acceptors (Lipinski definition) is 3. The molecule has 0 bridgehead atoms. The molecule has 0 saturated carbocycles. The molecule has 4 nitrogen and oxygen atoms in total. The van der Waals surface area contributed by atoms with E-state index < -0.39 is 0 Å². The molecular formula is C14H25N3O. The first kappa shape index (κ1) is 14.8. The topological polar surface area (TPSA) is 39.1 Å². The summed E-state index contributed by atoms with van der Waals surface area (Å²) in [4.78, 5) is 0. The second-order valence-electron chi connectivity index (χ2n) is 4.30. The van der Waals surface area contributed by atoms with E-state index in [1.165, 1.54) is 12.0 Å². The lowest BCUT2D eigenvalue weighted by Gasteiger charge is -2.08. The Kier molecular flexibility index (Phi) is 6.50. The SMILES string of the molecule is CCCNCC/C=C(/C)c1c(OC)cnn1CC. The number of methoxy groups -OCH3 is 1. The number of aromatic nitrogens is 2. The van der Waals surface area contributed by atoms with Gasteiger partial charge in [0.05, 0.1) is 13.3 Å². The van der Waals surface area contributed by atoms with Gasteiger partial charge < -0.3 is 10.1 Å². The summed E-state index contributed by atoms with van der Waals surface area (Å²) in [7, 11) is 1.69. The highest BCUT2D eigenvalue weighted by Gasteiger charge is 2.11. The monoisotopic (exact) mass is 251 g/mol. The van der Waals surface area contributed by atoms with Crippen LogP contribution in [0, 0.1) is 0 Å². The van der Waals surface area contributed by atoms with Gasteiger partial charge in [-0.05, 0) is 45.4 Å². The van der Waals surface area contributed by atoms with Crippen LogP contribution in [-0.2, 0) is 6.54 Å². The first-order valence-corrected chi connectivity index (χ1v) is 6.72. The highest BCUT2D eigenvalue weighted by Crippen LogP contribution is 2.25. The van der Waals surface area contributed by atoms with Crippen molar-refractivity contribution in [2.75, 3.05) is 20.2 Å². The zero-order chi connectivity index (χ0) is 13.4. The molecule has 0 saturated heterocycles. The Bertz CT molecular complexity index is 361. The first-order chi connectivity index (χ1) is 8.74. The van der Waals surface area contributed by atoms with Crippen molar-refractivity contribution in [3.63, 3.8) is 0 Å². The van der Waals surface area contributed by atoms with E-state index >= 15 is 0 Å². The van der Waals surface area contributed by atoms with Crippen molar-refractivity contribution in [2.45, 2.75) is 40.2 Å². The van der Waals surface area contributed by atoms with E-state index in [-0.39, 0.29) is 0 Å². The Morgan fingerprint density at radius 2 is 2.22 bits per heavy atom. The fourth-order valence-corrected chi connectivity index (χ4v) is 1.94. The van der Waals surface area contributed by atoms with E-state index in [1.807, 2.05) is 4.68 Å². The van der Waals surface area contributed by atoms with Gasteiger partial charge in [0.25, 0.3) is 0 Å². The summed E-state index contributed by atoms with van der Waals surface area (Å²) < 4.78 is 7.33. The summed E-state index contributed by atoms with van der Waals surface area (Å²) in [5.74, 6) is 0.854. The van der Waals surface area contributed by atoms with Gasteiger partial charge in [-0.15, -0.1) is 0 Å². The molecule has 0 aliphatic heterocycles. The maximum absolute atomic E-state index is 5.35. The van der Waals surface area contributed by atoms with Gasteiger partial charge >= 0.3 is 0 Å². The van der Waals surface area contributed by atoms with E-state index in [0.29, 0.717) is 0 Å². The molecule has 1 N–H and O–H groups in total.